The van der Waals surface area contributed by atoms with Crippen LogP contribution < -0.4 is 0 Å². The van der Waals surface area contributed by atoms with Crippen LogP contribution in [0.5, 0.6) is 0 Å². The van der Waals surface area contributed by atoms with E-state index >= 15 is 0 Å². The molecular weight excluding hydrogens is 338 g/mol. The second-order valence-electron chi connectivity index (χ2n) is 4.30. The summed E-state index contributed by atoms with van der Waals surface area (Å²) in [5.41, 5.74) is 0.436. The molecule has 0 aliphatic rings. The van der Waals surface area contributed by atoms with Gasteiger partial charge in [0.05, 0.1) is 29.2 Å². The number of rotatable bonds is 4. The van der Waals surface area contributed by atoms with E-state index in [1.54, 1.807) is 6.92 Å². The number of carbonyl (C=O) groups is 1. The van der Waals surface area contributed by atoms with E-state index in [9.17, 15) is 18.7 Å². The van der Waals surface area contributed by atoms with Crippen molar-refractivity contribution in [1.29, 1.82) is 0 Å². The minimum atomic E-state index is -2.82. The summed E-state index contributed by atoms with van der Waals surface area (Å²) < 4.78 is 27.7. The molecule has 1 aromatic heterocycles. The Morgan fingerprint density at radius 2 is 2.15 bits per heavy atom. The summed E-state index contributed by atoms with van der Waals surface area (Å²) in [6.45, 7) is 1.24. The average molecular weight is 349 g/mol. The largest absolute Gasteiger partial charge is 0.478 e. The third-order valence-corrected chi connectivity index (χ3v) is 3.52. The number of alkyl halides is 2. The third kappa shape index (κ3) is 2.40. The Bertz CT molecular complexity index is 672. The van der Waals surface area contributed by atoms with Crippen molar-refractivity contribution in [2.24, 2.45) is 0 Å². The predicted octanol–water partition coefficient (Wildman–Crippen LogP) is 2.99. The van der Waals surface area contributed by atoms with Crippen LogP contribution in [0.25, 0.3) is 11.0 Å². The van der Waals surface area contributed by atoms with Gasteiger partial charge in [-0.2, -0.15) is 0 Å². The maximum absolute atomic E-state index is 13.1. The number of hydrogen-bond donors (Lipinski definition) is 2. The summed E-state index contributed by atoms with van der Waals surface area (Å²) in [6.07, 6.45) is -2.82. The number of benzene rings is 1. The zero-order valence-corrected chi connectivity index (χ0v) is 11.9. The van der Waals surface area contributed by atoms with E-state index in [4.69, 9.17) is 5.11 Å². The van der Waals surface area contributed by atoms with E-state index in [0.29, 0.717) is 9.99 Å². The number of halogens is 3. The lowest BCUT2D eigenvalue weighted by Crippen LogP contribution is -2.13. The highest BCUT2D eigenvalue weighted by atomic mass is 79.9. The monoisotopic (exact) mass is 348 g/mol. The van der Waals surface area contributed by atoms with Crippen molar-refractivity contribution in [2.45, 2.75) is 19.4 Å². The number of aliphatic hydroxyl groups excluding tert-OH is 1. The molecule has 2 rings (SSSR count). The molecule has 5 nitrogen and oxygen atoms in total. The van der Waals surface area contributed by atoms with Gasteiger partial charge < -0.3 is 14.8 Å². The van der Waals surface area contributed by atoms with E-state index < -0.39 is 24.3 Å². The molecule has 0 aliphatic heterocycles. The van der Waals surface area contributed by atoms with Gasteiger partial charge in [-0.05, 0) is 35.0 Å². The first-order valence-corrected chi connectivity index (χ1v) is 6.49. The lowest BCUT2D eigenvalue weighted by atomic mass is 10.2. The summed E-state index contributed by atoms with van der Waals surface area (Å²) in [4.78, 5) is 14.8. The van der Waals surface area contributed by atoms with Gasteiger partial charge in [-0.15, -0.1) is 0 Å². The Kier molecular flexibility index (Phi) is 4.05. The fourth-order valence-electron chi connectivity index (χ4n) is 2.01. The smallest absolute Gasteiger partial charge is 0.335 e. The molecule has 0 bridgehead atoms. The Balaban J connectivity index is 2.81. The summed E-state index contributed by atoms with van der Waals surface area (Å²) in [6, 6.07) is 1.95. The molecule has 108 valence electrons. The molecule has 0 saturated heterocycles. The van der Waals surface area contributed by atoms with Gasteiger partial charge in [0, 0.05) is 4.47 Å². The summed E-state index contributed by atoms with van der Waals surface area (Å²) in [5.74, 6) is -1.67. The first-order chi connectivity index (χ1) is 9.36. The van der Waals surface area contributed by atoms with E-state index in [0.717, 1.165) is 0 Å². The van der Waals surface area contributed by atoms with Crippen LogP contribution in [-0.4, -0.2) is 32.3 Å². The second kappa shape index (κ2) is 5.45. The number of aliphatic hydroxyl groups is 1. The molecule has 0 unspecified atom stereocenters. The Morgan fingerprint density at radius 1 is 1.50 bits per heavy atom. The van der Waals surface area contributed by atoms with Crippen molar-refractivity contribution in [3.63, 3.8) is 0 Å². The standard InChI is InChI=1S/C12H11BrF2N2O3/c1-5(4-18)17-9-7(13)2-6(12(19)20)3-8(9)16-11(17)10(14)15/h2-3,5,10,18H,4H2,1H3,(H,19,20)/t5-/m1/s1. The quantitative estimate of drug-likeness (QED) is 0.890. The number of carboxylic acid groups (broad SMARTS) is 1. The minimum Gasteiger partial charge on any atom is -0.478 e. The molecule has 2 N–H and O–H groups in total. The van der Waals surface area contributed by atoms with Crippen LogP contribution in [0.1, 0.15) is 35.6 Å². The van der Waals surface area contributed by atoms with Crippen molar-refractivity contribution in [3.8, 4) is 0 Å². The predicted molar refractivity (Wildman–Crippen MR) is 71.1 cm³/mol. The zero-order chi connectivity index (χ0) is 15.0. The number of imidazole rings is 1. The van der Waals surface area contributed by atoms with Gasteiger partial charge in [-0.25, -0.2) is 18.6 Å². The fraction of sp³-hybridized carbons (Fsp3) is 0.333. The van der Waals surface area contributed by atoms with Crippen molar-refractivity contribution in [2.75, 3.05) is 6.61 Å². The fourth-order valence-corrected chi connectivity index (χ4v) is 2.65. The molecule has 0 radical (unpaired) electrons. The third-order valence-electron chi connectivity index (χ3n) is 2.91. The molecular formula is C12H11BrF2N2O3. The van der Waals surface area contributed by atoms with Crippen LogP contribution in [0, 0.1) is 0 Å². The lowest BCUT2D eigenvalue weighted by Gasteiger charge is -2.15. The van der Waals surface area contributed by atoms with Crippen LogP contribution in [-0.2, 0) is 0 Å². The van der Waals surface area contributed by atoms with Gasteiger partial charge in [0.15, 0.2) is 5.82 Å². The number of fused-ring (bicyclic) bond motifs is 1. The Labute approximate surface area is 121 Å². The summed E-state index contributed by atoms with van der Waals surface area (Å²) in [5, 5.41) is 18.2. The molecule has 0 aliphatic carbocycles. The zero-order valence-electron chi connectivity index (χ0n) is 10.3. The normalized spacial score (nSPS) is 13.1. The van der Waals surface area contributed by atoms with Crippen LogP contribution >= 0.6 is 15.9 Å². The molecule has 1 aromatic carbocycles. The first-order valence-electron chi connectivity index (χ1n) is 5.70. The van der Waals surface area contributed by atoms with Crippen LogP contribution in [0.15, 0.2) is 16.6 Å². The van der Waals surface area contributed by atoms with Crippen molar-refractivity contribution < 1.29 is 23.8 Å². The van der Waals surface area contributed by atoms with Gasteiger partial charge in [0.25, 0.3) is 6.43 Å². The van der Waals surface area contributed by atoms with E-state index in [1.165, 1.54) is 16.7 Å². The maximum atomic E-state index is 13.1. The van der Waals surface area contributed by atoms with E-state index in [2.05, 4.69) is 20.9 Å². The topological polar surface area (TPSA) is 75.3 Å². The van der Waals surface area contributed by atoms with E-state index in [-0.39, 0.29) is 17.7 Å². The van der Waals surface area contributed by atoms with Crippen LogP contribution in [0.2, 0.25) is 0 Å². The number of aromatic nitrogens is 2. The van der Waals surface area contributed by atoms with Crippen molar-refractivity contribution in [3.05, 3.63) is 28.0 Å². The molecule has 1 atom stereocenters. The number of aromatic carboxylic acids is 1. The molecule has 0 saturated carbocycles. The summed E-state index contributed by atoms with van der Waals surface area (Å²) >= 11 is 3.18. The van der Waals surface area contributed by atoms with Gasteiger partial charge in [-0.3, -0.25) is 0 Å². The molecule has 0 spiro atoms. The SMILES string of the molecule is C[C@H](CO)n1c(C(F)F)nc2cc(C(=O)O)cc(Br)c21. The highest BCUT2D eigenvalue weighted by Crippen LogP contribution is 2.33. The van der Waals surface area contributed by atoms with Gasteiger partial charge >= 0.3 is 5.97 Å². The first kappa shape index (κ1) is 14.9. The molecule has 2 aromatic rings. The Morgan fingerprint density at radius 3 is 2.65 bits per heavy atom. The molecule has 1 heterocycles. The molecule has 0 fully saturated rings. The number of carboxylic acids is 1. The highest BCUT2D eigenvalue weighted by molar-refractivity contribution is 9.10. The van der Waals surface area contributed by atoms with Gasteiger partial charge in [-0.1, -0.05) is 0 Å². The average Bonchev–Trinajstić information content (AvgIpc) is 2.77. The number of hydrogen-bond acceptors (Lipinski definition) is 3. The van der Waals surface area contributed by atoms with Crippen LogP contribution in [0.3, 0.4) is 0 Å². The lowest BCUT2D eigenvalue weighted by molar-refractivity contribution is 0.0697. The van der Waals surface area contributed by atoms with Crippen molar-refractivity contribution >= 4 is 32.9 Å². The van der Waals surface area contributed by atoms with Gasteiger partial charge in [0.1, 0.15) is 0 Å². The number of nitrogens with zero attached hydrogens (tertiary/aromatic N) is 2. The molecule has 0 amide bonds. The molecule has 20 heavy (non-hydrogen) atoms. The van der Waals surface area contributed by atoms with Gasteiger partial charge in [0.2, 0.25) is 0 Å². The Hall–Kier alpha value is -1.54. The second-order valence-corrected chi connectivity index (χ2v) is 5.16. The highest BCUT2D eigenvalue weighted by Gasteiger charge is 2.24. The summed E-state index contributed by atoms with van der Waals surface area (Å²) in [7, 11) is 0. The minimum absolute atomic E-state index is 0.0495. The van der Waals surface area contributed by atoms with E-state index in [1.807, 2.05) is 0 Å². The molecule has 8 heteroatoms. The maximum Gasteiger partial charge on any atom is 0.335 e. The van der Waals surface area contributed by atoms with Crippen LogP contribution in [0.4, 0.5) is 8.78 Å². The van der Waals surface area contributed by atoms with Crippen molar-refractivity contribution in [1.82, 2.24) is 9.55 Å².